The normalized spacial score (nSPS) is 13.8. The molecule has 1 aromatic carbocycles. The van der Waals surface area contributed by atoms with Gasteiger partial charge in [0.05, 0.1) is 13.2 Å². The molecule has 0 aliphatic carbocycles. The van der Waals surface area contributed by atoms with E-state index >= 15 is 0 Å². The molecule has 1 aliphatic rings. The predicted molar refractivity (Wildman–Crippen MR) is 101 cm³/mol. The molecule has 0 spiro atoms. The lowest BCUT2D eigenvalue weighted by Gasteiger charge is -2.13. The van der Waals surface area contributed by atoms with Crippen LogP contribution in [0.25, 0.3) is 22.8 Å². The third kappa shape index (κ3) is 3.38. The topological polar surface area (TPSA) is 124 Å². The molecule has 3 heterocycles. The van der Waals surface area contributed by atoms with Gasteiger partial charge in [-0.2, -0.15) is 5.10 Å². The number of aromatic nitrogens is 4. The fourth-order valence-electron chi connectivity index (χ4n) is 2.79. The van der Waals surface area contributed by atoms with Gasteiger partial charge in [-0.1, -0.05) is 0 Å². The summed E-state index contributed by atoms with van der Waals surface area (Å²) in [4.78, 5) is 33.5. The van der Waals surface area contributed by atoms with Crippen molar-refractivity contribution in [3.63, 3.8) is 0 Å². The lowest BCUT2D eigenvalue weighted by molar-refractivity contribution is -0.137. The van der Waals surface area contributed by atoms with Gasteiger partial charge >= 0.3 is 0 Å². The minimum atomic E-state index is -0.459. The summed E-state index contributed by atoms with van der Waals surface area (Å²) in [6.45, 7) is -0.297. The maximum Gasteiger partial charge on any atom is 0.277 e. The van der Waals surface area contributed by atoms with Gasteiger partial charge in [0.25, 0.3) is 11.8 Å². The van der Waals surface area contributed by atoms with Gasteiger partial charge in [-0.3, -0.25) is 24.6 Å². The minimum absolute atomic E-state index is 0.0248. The fourth-order valence-corrected chi connectivity index (χ4v) is 2.79. The Morgan fingerprint density at radius 3 is 2.64 bits per heavy atom. The van der Waals surface area contributed by atoms with E-state index in [1.165, 1.54) is 6.08 Å². The molecule has 0 saturated heterocycles. The number of anilines is 1. The molecule has 0 atom stereocenters. The van der Waals surface area contributed by atoms with Crippen molar-refractivity contribution in [2.24, 2.45) is 0 Å². The fraction of sp³-hybridized carbons (Fsp3) is 0.105. The van der Waals surface area contributed by atoms with Crippen LogP contribution in [-0.2, 0) is 9.59 Å². The molecule has 3 N–H and O–H groups in total. The number of pyridine rings is 1. The molecule has 9 nitrogen and oxygen atoms in total. The summed E-state index contributed by atoms with van der Waals surface area (Å²) in [5, 5.41) is 19.0. The quantitative estimate of drug-likeness (QED) is 0.552. The molecule has 28 heavy (non-hydrogen) atoms. The van der Waals surface area contributed by atoms with Crippen LogP contribution in [0, 0.1) is 0 Å². The molecule has 0 saturated carbocycles. The molecule has 0 unspecified atom stereocenters. The zero-order chi connectivity index (χ0) is 19.5. The largest absolute Gasteiger partial charge is 0.395 e. The number of β-amino-alcohol motifs (C(OH)–C–C–N with tert-alkyl or cyclic N) is 1. The number of nitrogens with one attached hydrogen (secondary N) is 2. The molecular formula is C19H16N6O3. The number of hydrogen-bond acceptors (Lipinski definition) is 7. The molecule has 0 radical (unpaired) electrons. The van der Waals surface area contributed by atoms with Crippen LogP contribution < -0.4 is 5.32 Å². The van der Waals surface area contributed by atoms with Crippen LogP contribution in [0.5, 0.6) is 0 Å². The van der Waals surface area contributed by atoms with E-state index in [1.54, 1.807) is 24.5 Å². The molecule has 1 aliphatic heterocycles. The number of carbonyl (C=O) groups is 2. The molecule has 2 amide bonds. The number of benzene rings is 1. The number of nitrogens with zero attached hydrogens (tertiary/aromatic N) is 4. The van der Waals surface area contributed by atoms with E-state index in [4.69, 9.17) is 5.11 Å². The summed E-state index contributed by atoms with van der Waals surface area (Å²) in [6.07, 6.45) is 4.60. The number of aliphatic hydroxyl groups excluding tert-OH is 1. The van der Waals surface area contributed by atoms with Gasteiger partial charge in [-0.15, -0.1) is 0 Å². The minimum Gasteiger partial charge on any atom is -0.395 e. The first-order valence-electron chi connectivity index (χ1n) is 8.54. The summed E-state index contributed by atoms with van der Waals surface area (Å²) in [7, 11) is 0. The summed E-state index contributed by atoms with van der Waals surface area (Å²) < 4.78 is 0. The van der Waals surface area contributed by atoms with E-state index in [0.717, 1.165) is 16.0 Å². The Morgan fingerprint density at radius 2 is 1.93 bits per heavy atom. The molecule has 140 valence electrons. The maximum absolute atomic E-state index is 12.2. The van der Waals surface area contributed by atoms with E-state index in [-0.39, 0.29) is 18.8 Å². The Labute approximate surface area is 159 Å². The second-order valence-electron chi connectivity index (χ2n) is 6.03. The smallest absolute Gasteiger partial charge is 0.277 e. The highest BCUT2D eigenvalue weighted by atomic mass is 16.3. The van der Waals surface area contributed by atoms with Crippen LogP contribution in [0.15, 0.2) is 60.6 Å². The zero-order valence-electron chi connectivity index (χ0n) is 14.7. The average molecular weight is 376 g/mol. The van der Waals surface area contributed by atoms with Crippen LogP contribution in [-0.4, -0.2) is 55.1 Å². The second kappa shape index (κ2) is 7.41. The monoisotopic (exact) mass is 376 g/mol. The second-order valence-corrected chi connectivity index (χ2v) is 6.03. The van der Waals surface area contributed by atoms with Gasteiger partial charge in [0.1, 0.15) is 5.70 Å². The Bertz CT molecular complexity index is 1040. The molecular weight excluding hydrogens is 360 g/mol. The van der Waals surface area contributed by atoms with E-state index in [9.17, 15) is 9.59 Å². The van der Waals surface area contributed by atoms with Crippen LogP contribution in [0.3, 0.4) is 0 Å². The molecule has 2 aromatic heterocycles. The highest BCUT2D eigenvalue weighted by Crippen LogP contribution is 2.23. The van der Waals surface area contributed by atoms with Gasteiger partial charge in [-0.25, -0.2) is 4.98 Å². The number of amides is 2. The van der Waals surface area contributed by atoms with Crippen molar-refractivity contribution in [1.29, 1.82) is 0 Å². The Balaban J connectivity index is 1.48. The maximum atomic E-state index is 12.2. The number of rotatable bonds is 6. The molecule has 3 aromatic rings. The van der Waals surface area contributed by atoms with Crippen molar-refractivity contribution in [3.8, 4) is 22.8 Å². The number of carbonyl (C=O) groups excluding carboxylic acids is 2. The number of aliphatic hydroxyl groups is 1. The zero-order valence-corrected chi connectivity index (χ0v) is 14.7. The van der Waals surface area contributed by atoms with Gasteiger partial charge in [0.15, 0.2) is 11.6 Å². The molecule has 0 fully saturated rings. The van der Waals surface area contributed by atoms with Gasteiger partial charge in [0, 0.05) is 35.3 Å². The lowest BCUT2D eigenvalue weighted by atomic mass is 10.2. The Morgan fingerprint density at radius 1 is 1.11 bits per heavy atom. The Hall–Kier alpha value is -3.85. The van der Waals surface area contributed by atoms with Gasteiger partial charge in [-0.05, 0) is 36.4 Å². The van der Waals surface area contributed by atoms with E-state index in [1.807, 2.05) is 24.3 Å². The number of aromatic amines is 1. The predicted octanol–water partition coefficient (Wildman–Crippen LogP) is 1.19. The standard InChI is InChI=1S/C19H16N6O3/c26-9-8-25-16(27)10-15(19(25)28)21-14-5-3-12(4-6-14)17-22-18(24-23-17)13-2-1-7-20-11-13/h1-7,10-11,21,26H,8-9H2,(H,22,23,24). The lowest BCUT2D eigenvalue weighted by Crippen LogP contribution is -2.34. The van der Waals surface area contributed by atoms with Gasteiger partial charge < -0.3 is 10.4 Å². The first-order chi connectivity index (χ1) is 13.7. The number of H-pyrrole nitrogens is 1. The van der Waals surface area contributed by atoms with E-state index < -0.39 is 11.8 Å². The molecule has 9 heteroatoms. The van der Waals surface area contributed by atoms with Crippen LogP contribution in [0.1, 0.15) is 0 Å². The van der Waals surface area contributed by atoms with Crippen molar-refractivity contribution in [2.75, 3.05) is 18.5 Å². The molecule has 4 rings (SSSR count). The summed E-state index contributed by atoms with van der Waals surface area (Å²) in [5.41, 5.74) is 2.45. The van der Waals surface area contributed by atoms with Crippen molar-refractivity contribution >= 4 is 17.5 Å². The Kier molecular flexibility index (Phi) is 4.65. The van der Waals surface area contributed by atoms with Gasteiger partial charge in [0.2, 0.25) is 0 Å². The van der Waals surface area contributed by atoms with Crippen molar-refractivity contribution < 1.29 is 14.7 Å². The van der Waals surface area contributed by atoms with Crippen molar-refractivity contribution in [1.82, 2.24) is 25.1 Å². The molecule has 0 bridgehead atoms. The van der Waals surface area contributed by atoms with Crippen LogP contribution >= 0.6 is 0 Å². The number of hydrogen-bond donors (Lipinski definition) is 3. The van der Waals surface area contributed by atoms with Crippen LogP contribution in [0.2, 0.25) is 0 Å². The highest BCUT2D eigenvalue weighted by Gasteiger charge is 2.30. The SMILES string of the molecule is O=C1C=C(Nc2ccc(-c3nc(-c4cccnc4)n[nH]3)cc2)C(=O)N1CCO. The van der Waals surface area contributed by atoms with Crippen molar-refractivity contribution in [2.45, 2.75) is 0 Å². The summed E-state index contributed by atoms with van der Waals surface area (Å²) in [6, 6.07) is 10.9. The summed E-state index contributed by atoms with van der Waals surface area (Å²) in [5.74, 6) is 0.252. The first kappa shape index (κ1) is 17.6. The van der Waals surface area contributed by atoms with Crippen molar-refractivity contribution in [3.05, 3.63) is 60.6 Å². The van der Waals surface area contributed by atoms with Crippen LogP contribution in [0.4, 0.5) is 5.69 Å². The highest BCUT2D eigenvalue weighted by molar-refractivity contribution is 6.17. The number of imide groups is 1. The summed E-state index contributed by atoms with van der Waals surface area (Å²) >= 11 is 0. The van der Waals surface area contributed by atoms with E-state index in [2.05, 4.69) is 25.5 Å². The first-order valence-corrected chi connectivity index (χ1v) is 8.54. The third-order valence-electron chi connectivity index (χ3n) is 4.18. The third-order valence-corrected chi connectivity index (χ3v) is 4.18. The average Bonchev–Trinajstić information content (AvgIpc) is 3.31. The van der Waals surface area contributed by atoms with E-state index in [0.29, 0.717) is 17.3 Å².